The molecule has 1 saturated heterocycles. The van der Waals surface area contributed by atoms with Gasteiger partial charge in [-0.2, -0.15) is 0 Å². The van der Waals surface area contributed by atoms with E-state index in [0.29, 0.717) is 28.1 Å². The maximum Gasteiger partial charge on any atom is 0.233 e. The van der Waals surface area contributed by atoms with Crippen molar-refractivity contribution in [2.24, 2.45) is 0 Å². The number of hydrogen-bond donors (Lipinski definition) is 0. The molecule has 4 rings (SSSR count). The van der Waals surface area contributed by atoms with Gasteiger partial charge in [0, 0.05) is 12.1 Å². The van der Waals surface area contributed by atoms with E-state index in [1.165, 1.54) is 18.2 Å². The number of piperidine rings is 1. The summed E-state index contributed by atoms with van der Waals surface area (Å²) >= 11 is 1.30. The minimum absolute atomic E-state index is 0.114. The molecule has 0 bridgehead atoms. The summed E-state index contributed by atoms with van der Waals surface area (Å²) in [6.45, 7) is 4.23. The molecule has 1 aliphatic rings. The first-order chi connectivity index (χ1) is 13.6. The highest BCUT2D eigenvalue weighted by atomic mass is 32.2. The maximum atomic E-state index is 12.8. The smallest absolute Gasteiger partial charge is 0.233 e. The van der Waals surface area contributed by atoms with E-state index in [9.17, 15) is 4.79 Å². The molecule has 3 aromatic rings. The lowest BCUT2D eigenvalue weighted by Crippen LogP contribution is -2.48. The molecule has 0 spiro atoms. The molecule has 8 heteroatoms. The second-order valence-corrected chi connectivity index (χ2v) is 7.91. The van der Waals surface area contributed by atoms with Crippen molar-refractivity contribution in [3.8, 4) is 22.9 Å². The van der Waals surface area contributed by atoms with Crippen molar-refractivity contribution in [3.63, 3.8) is 0 Å². The highest BCUT2D eigenvalue weighted by Crippen LogP contribution is 2.31. The van der Waals surface area contributed by atoms with E-state index in [2.05, 4.69) is 29.0 Å². The Morgan fingerprint density at radius 2 is 1.71 bits per heavy atom. The van der Waals surface area contributed by atoms with Crippen LogP contribution in [0.3, 0.4) is 0 Å². The molecule has 1 fully saturated rings. The first-order valence-corrected chi connectivity index (χ1v) is 10.4. The van der Waals surface area contributed by atoms with E-state index < -0.39 is 0 Å². The Morgan fingerprint density at radius 1 is 1.07 bits per heavy atom. The lowest BCUT2D eigenvalue weighted by Gasteiger charge is -2.39. The van der Waals surface area contributed by atoms with Crippen LogP contribution in [-0.4, -0.2) is 43.8 Å². The van der Waals surface area contributed by atoms with Gasteiger partial charge in [-0.05, 0) is 57.4 Å². The molecule has 1 aliphatic heterocycles. The number of thioether (sulfide) groups is 1. The summed E-state index contributed by atoms with van der Waals surface area (Å²) in [6.07, 6.45) is 6.44. The minimum atomic E-state index is 0.114. The second-order valence-electron chi connectivity index (χ2n) is 6.96. The van der Waals surface area contributed by atoms with Crippen molar-refractivity contribution < 1.29 is 13.6 Å². The fourth-order valence-electron chi connectivity index (χ4n) is 3.65. The summed E-state index contributed by atoms with van der Waals surface area (Å²) in [5.41, 5.74) is 1.05. The minimum Gasteiger partial charge on any atom is -0.463 e. The largest absolute Gasteiger partial charge is 0.463 e. The normalized spacial score (nSPS) is 19.7. The van der Waals surface area contributed by atoms with Gasteiger partial charge in [-0.1, -0.05) is 11.8 Å². The van der Waals surface area contributed by atoms with Crippen LogP contribution in [0.2, 0.25) is 0 Å². The Morgan fingerprint density at radius 3 is 2.32 bits per heavy atom. The summed E-state index contributed by atoms with van der Waals surface area (Å²) < 4.78 is 11.0. The van der Waals surface area contributed by atoms with Crippen LogP contribution in [-0.2, 0) is 4.79 Å². The van der Waals surface area contributed by atoms with Crippen molar-refractivity contribution in [3.05, 3.63) is 36.8 Å². The molecule has 4 heterocycles. The van der Waals surface area contributed by atoms with Crippen molar-refractivity contribution in [2.75, 3.05) is 5.75 Å². The van der Waals surface area contributed by atoms with E-state index in [1.807, 2.05) is 11.0 Å². The molecule has 0 aromatic carbocycles. The molecule has 0 aliphatic carbocycles. The predicted octanol–water partition coefficient (Wildman–Crippen LogP) is 4.27. The van der Waals surface area contributed by atoms with Gasteiger partial charge in [-0.15, -0.1) is 10.2 Å². The number of hydrogen-bond acceptors (Lipinski definition) is 7. The zero-order valence-corrected chi connectivity index (χ0v) is 16.7. The Kier molecular flexibility index (Phi) is 5.47. The third-order valence-electron chi connectivity index (χ3n) is 4.98. The number of carbonyl (C=O) groups excluding carboxylic acids is 1. The molecule has 0 unspecified atom stereocenters. The third-order valence-corrected chi connectivity index (χ3v) is 5.81. The maximum absolute atomic E-state index is 12.8. The Labute approximate surface area is 167 Å². The van der Waals surface area contributed by atoms with Gasteiger partial charge in [0.25, 0.3) is 0 Å². The van der Waals surface area contributed by atoms with Gasteiger partial charge >= 0.3 is 0 Å². The summed E-state index contributed by atoms with van der Waals surface area (Å²) in [4.78, 5) is 19.3. The zero-order chi connectivity index (χ0) is 19.5. The number of carbonyl (C=O) groups is 1. The number of likely N-dealkylation sites (tertiary alicyclic amines) is 1. The van der Waals surface area contributed by atoms with E-state index in [1.54, 1.807) is 30.7 Å². The fourth-order valence-corrected chi connectivity index (χ4v) is 4.31. The number of aromatic nitrogens is 3. The number of furan rings is 2. The van der Waals surface area contributed by atoms with Gasteiger partial charge in [0.05, 0.1) is 18.3 Å². The van der Waals surface area contributed by atoms with Gasteiger partial charge in [0.2, 0.25) is 11.1 Å². The van der Waals surface area contributed by atoms with Crippen molar-refractivity contribution in [1.82, 2.24) is 20.1 Å². The summed E-state index contributed by atoms with van der Waals surface area (Å²) in [7, 11) is 0. The van der Waals surface area contributed by atoms with Crippen LogP contribution < -0.4 is 0 Å². The van der Waals surface area contributed by atoms with Gasteiger partial charge in [0.15, 0.2) is 17.2 Å². The molecular weight excluding hydrogens is 376 g/mol. The van der Waals surface area contributed by atoms with Gasteiger partial charge in [-0.25, -0.2) is 4.98 Å². The van der Waals surface area contributed by atoms with Gasteiger partial charge in [0.1, 0.15) is 5.69 Å². The van der Waals surface area contributed by atoms with Crippen molar-refractivity contribution in [1.29, 1.82) is 0 Å². The highest BCUT2D eigenvalue weighted by Gasteiger charge is 2.29. The molecule has 0 N–H and O–H groups in total. The topological polar surface area (TPSA) is 85.3 Å². The van der Waals surface area contributed by atoms with Crippen LogP contribution in [0.25, 0.3) is 22.9 Å². The standard InChI is InChI=1S/C20H22N4O3S/c1-13-6-3-7-14(2)24(13)17(25)12-28-20-21-18(15-8-4-10-26-15)19(22-23-20)16-9-5-11-27-16/h4-5,8-11,13-14H,3,6-7,12H2,1-2H3/t13-,14-/m0/s1. The molecule has 28 heavy (non-hydrogen) atoms. The van der Waals surface area contributed by atoms with E-state index in [4.69, 9.17) is 8.83 Å². The average molecular weight is 398 g/mol. The lowest BCUT2D eigenvalue weighted by atomic mass is 9.98. The van der Waals surface area contributed by atoms with Crippen LogP contribution >= 0.6 is 11.8 Å². The van der Waals surface area contributed by atoms with Crippen LogP contribution in [0.5, 0.6) is 0 Å². The summed E-state index contributed by atoms with van der Waals surface area (Å²) in [6, 6.07) is 7.73. The first kappa shape index (κ1) is 18.7. The fraction of sp³-hybridized carbons (Fsp3) is 0.400. The predicted molar refractivity (Wildman–Crippen MR) is 106 cm³/mol. The molecule has 1 amide bonds. The van der Waals surface area contributed by atoms with Crippen LogP contribution in [0.15, 0.2) is 50.8 Å². The molecule has 7 nitrogen and oxygen atoms in total. The Bertz CT molecular complexity index is 917. The third kappa shape index (κ3) is 3.82. The lowest BCUT2D eigenvalue weighted by molar-refractivity contribution is -0.134. The van der Waals surface area contributed by atoms with Gasteiger partial charge in [-0.3, -0.25) is 4.79 Å². The van der Waals surface area contributed by atoms with E-state index in [0.717, 1.165) is 12.8 Å². The zero-order valence-electron chi connectivity index (χ0n) is 15.9. The number of amides is 1. The molecule has 0 radical (unpaired) electrons. The SMILES string of the molecule is C[C@H]1CCC[C@H](C)N1C(=O)CSc1nnc(-c2ccco2)c(-c2ccco2)n1. The Balaban J connectivity index is 1.54. The van der Waals surface area contributed by atoms with Crippen LogP contribution in [0.4, 0.5) is 0 Å². The van der Waals surface area contributed by atoms with Crippen molar-refractivity contribution in [2.45, 2.75) is 50.4 Å². The summed E-state index contributed by atoms with van der Waals surface area (Å²) in [5, 5.41) is 8.91. The summed E-state index contributed by atoms with van der Waals surface area (Å²) in [5.74, 6) is 1.54. The molecular formula is C20H22N4O3S. The molecule has 0 saturated carbocycles. The van der Waals surface area contributed by atoms with E-state index >= 15 is 0 Å². The second kappa shape index (κ2) is 8.18. The van der Waals surface area contributed by atoms with Crippen LogP contribution in [0.1, 0.15) is 33.1 Å². The Hall–Kier alpha value is -2.61. The monoisotopic (exact) mass is 398 g/mol. The van der Waals surface area contributed by atoms with Crippen molar-refractivity contribution >= 4 is 17.7 Å². The molecule has 2 atom stereocenters. The van der Waals surface area contributed by atoms with E-state index in [-0.39, 0.29) is 23.7 Å². The quantitative estimate of drug-likeness (QED) is 0.593. The molecule has 146 valence electrons. The van der Waals surface area contributed by atoms with Crippen LogP contribution in [0, 0.1) is 0 Å². The number of nitrogens with zero attached hydrogens (tertiary/aromatic N) is 4. The highest BCUT2D eigenvalue weighted by molar-refractivity contribution is 7.99. The molecule has 3 aromatic heterocycles. The average Bonchev–Trinajstić information content (AvgIpc) is 3.40. The van der Waals surface area contributed by atoms with Gasteiger partial charge < -0.3 is 13.7 Å². The number of rotatable bonds is 5. The first-order valence-electron chi connectivity index (χ1n) is 9.40.